The van der Waals surface area contributed by atoms with Crippen LogP contribution in [0.3, 0.4) is 0 Å². The number of ether oxygens (including phenoxy) is 1. The smallest absolute Gasteiger partial charge is 0.340 e. The van der Waals surface area contributed by atoms with E-state index in [1.54, 1.807) is 18.2 Å². The quantitative estimate of drug-likeness (QED) is 0.790. The number of nitrogens with one attached hydrogen (secondary N) is 1. The molecular weight excluding hydrogens is 356 g/mol. The number of carbonyl (C=O) groups is 2. The second kappa shape index (κ2) is 8.66. The lowest BCUT2D eigenvalue weighted by Gasteiger charge is -2.08. The number of hydrogen-bond donors (Lipinski definition) is 1. The fraction of sp³-hybridized carbons (Fsp3) is 0.176. The van der Waals surface area contributed by atoms with E-state index in [-0.39, 0.29) is 22.9 Å². The first-order valence-electron chi connectivity index (χ1n) is 7.09. The van der Waals surface area contributed by atoms with Crippen molar-refractivity contribution in [2.75, 3.05) is 13.2 Å². The lowest BCUT2D eigenvalue weighted by Crippen LogP contribution is -2.30. The molecule has 0 atom stereocenters. The molecule has 24 heavy (non-hydrogen) atoms. The van der Waals surface area contributed by atoms with Gasteiger partial charge in [0.1, 0.15) is 5.82 Å². The zero-order chi connectivity index (χ0) is 17.5. The van der Waals surface area contributed by atoms with E-state index in [9.17, 15) is 14.0 Å². The molecule has 0 aliphatic heterocycles. The van der Waals surface area contributed by atoms with Crippen LogP contribution in [0, 0.1) is 5.82 Å². The summed E-state index contributed by atoms with van der Waals surface area (Å²) >= 11 is 11.6. The Morgan fingerprint density at radius 2 is 1.88 bits per heavy atom. The van der Waals surface area contributed by atoms with Gasteiger partial charge in [-0.3, -0.25) is 4.79 Å². The van der Waals surface area contributed by atoms with Crippen molar-refractivity contribution in [1.82, 2.24) is 5.32 Å². The number of carbonyl (C=O) groups excluding carboxylic acids is 2. The van der Waals surface area contributed by atoms with Crippen LogP contribution in [-0.4, -0.2) is 25.0 Å². The normalized spacial score (nSPS) is 10.3. The number of hydrogen-bond acceptors (Lipinski definition) is 3. The molecule has 0 fully saturated rings. The Kier molecular flexibility index (Phi) is 6.58. The molecule has 0 saturated carbocycles. The molecule has 0 aromatic heterocycles. The summed E-state index contributed by atoms with van der Waals surface area (Å²) in [7, 11) is 0. The standard InChI is InChI=1S/C17H14Cl2FNO3/c18-12-5-6-13(14(19)9-12)17(23)24-10-16(22)21-8-7-11-3-1-2-4-15(11)20/h1-6,9H,7-8,10H2,(H,21,22). The van der Waals surface area contributed by atoms with Gasteiger partial charge < -0.3 is 10.1 Å². The summed E-state index contributed by atoms with van der Waals surface area (Å²) in [6.45, 7) is -0.214. The number of esters is 1. The maximum absolute atomic E-state index is 13.4. The first kappa shape index (κ1) is 18.2. The minimum Gasteiger partial charge on any atom is -0.452 e. The second-order valence-corrected chi connectivity index (χ2v) is 5.74. The van der Waals surface area contributed by atoms with E-state index >= 15 is 0 Å². The van der Waals surface area contributed by atoms with Crippen LogP contribution in [0.5, 0.6) is 0 Å². The highest BCUT2D eigenvalue weighted by atomic mass is 35.5. The summed E-state index contributed by atoms with van der Waals surface area (Å²) in [4.78, 5) is 23.5. The summed E-state index contributed by atoms with van der Waals surface area (Å²) in [6, 6.07) is 10.6. The highest BCUT2D eigenvalue weighted by Crippen LogP contribution is 2.21. The Morgan fingerprint density at radius 1 is 1.12 bits per heavy atom. The molecule has 0 radical (unpaired) electrons. The van der Waals surface area contributed by atoms with Crippen LogP contribution in [0.4, 0.5) is 4.39 Å². The van der Waals surface area contributed by atoms with E-state index < -0.39 is 18.5 Å². The SMILES string of the molecule is O=C(COC(=O)c1ccc(Cl)cc1Cl)NCCc1ccccc1F. The maximum atomic E-state index is 13.4. The minimum absolute atomic E-state index is 0.125. The van der Waals surface area contributed by atoms with Gasteiger partial charge in [-0.25, -0.2) is 9.18 Å². The predicted molar refractivity (Wildman–Crippen MR) is 89.9 cm³/mol. The molecule has 126 valence electrons. The zero-order valence-corrected chi connectivity index (χ0v) is 14.0. The van der Waals surface area contributed by atoms with E-state index in [1.807, 2.05) is 0 Å². The van der Waals surface area contributed by atoms with E-state index in [0.717, 1.165) is 0 Å². The lowest BCUT2D eigenvalue weighted by molar-refractivity contribution is -0.124. The molecule has 2 aromatic rings. The van der Waals surface area contributed by atoms with Gasteiger partial charge in [-0.05, 0) is 36.2 Å². The predicted octanol–water partition coefficient (Wildman–Crippen LogP) is 3.65. The van der Waals surface area contributed by atoms with Crippen LogP contribution >= 0.6 is 23.2 Å². The van der Waals surface area contributed by atoms with E-state index in [4.69, 9.17) is 27.9 Å². The van der Waals surface area contributed by atoms with Crippen LogP contribution in [0.15, 0.2) is 42.5 Å². The van der Waals surface area contributed by atoms with Gasteiger partial charge in [0, 0.05) is 11.6 Å². The monoisotopic (exact) mass is 369 g/mol. The van der Waals surface area contributed by atoms with E-state index in [2.05, 4.69) is 5.32 Å². The van der Waals surface area contributed by atoms with Crippen LogP contribution < -0.4 is 5.32 Å². The summed E-state index contributed by atoms with van der Waals surface area (Å²) in [5, 5.41) is 3.09. The van der Waals surface area contributed by atoms with Crippen molar-refractivity contribution in [3.8, 4) is 0 Å². The third kappa shape index (κ3) is 5.22. The van der Waals surface area contributed by atoms with Gasteiger partial charge in [-0.2, -0.15) is 0 Å². The van der Waals surface area contributed by atoms with Crippen molar-refractivity contribution < 1.29 is 18.7 Å². The van der Waals surface area contributed by atoms with Gasteiger partial charge >= 0.3 is 5.97 Å². The number of benzene rings is 2. The maximum Gasteiger partial charge on any atom is 0.340 e. The van der Waals surface area contributed by atoms with Crippen LogP contribution in [0.1, 0.15) is 15.9 Å². The first-order valence-corrected chi connectivity index (χ1v) is 7.85. The van der Waals surface area contributed by atoms with Crippen molar-refractivity contribution >= 4 is 35.1 Å². The van der Waals surface area contributed by atoms with Crippen molar-refractivity contribution in [2.24, 2.45) is 0 Å². The van der Waals surface area contributed by atoms with Crippen molar-refractivity contribution in [1.29, 1.82) is 0 Å². The molecule has 1 amide bonds. The molecule has 0 unspecified atom stereocenters. The average molecular weight is 370 g/mol. The second-order valence-electron chi connectivity index (χ2n) is 4.89. The molecule has 0 heterocycles. The molecule has 1 N–H and O–H groups in total. The summed E-state index contributed by atoms with van der Waals surface area (Å²) in [5.41, 5.74) is 0.628. The zero-order valence-electron chi connectivity index (χ0n) is 12.5. The fourth-order valence-electron chi connectivity index (χ4n) is 1.95. The van der Waals surface area contributed by atoms with Gasteiger partial charge in [0.05, 0.1) is 10.6 Å². The molecule has 7 heteroatoms. The van der Waals surface area contributed by atoms with Crippen LogP contribution in [-0.2, 0) is 16.0 Å². The first-order chi connectivity index (χ1) is 11.5. The highest BCUT2D eigenvalue weighted by molar-refractivity contribution is 6.36. The van der Waals surface area contributed by atoms with Crippen molar-refractivity contribution in [2.45, 2.75) is 6.42 Å². The third-order valence-corrected chi connectivity index (χ3v) is 3.71. The van der Waals surface area contributed by atoms with Crippen molar-refractivity contribution in [3.63, 3.8) is 0 Å². The fourth-order valence-corrected chi connectivity index (χ4v) is 2.44. The Bertz CT molecular complexity index is 752. The van der Waals surface area contributed by atoms with Crippen LogP contribution in [0.2, 0.25) is 10.0 Å². The summed E-state index contributed by atoms with van der Waals surface area (Å²) in [6.07, 6.45) is 0.343. The van der Waals surface area contributed by atoms with Gasteiger partial charge in [-0.15, -0.1) is 0 Å². The van der Waals surface area contributed by atoms with Gasteiger partial charge in [0.25, 0.3) is 5.91 Å². The van der Waals surface area contributed by atoms with Gasteiger partial charge in [0.2, 0.25) is 0 Å². The number of rotatable bonds is 6. The van der Waals surface area contributed by atoms with Crippen LogP contribution in [0.25, 0.3) is 0 Å². The summed E-state index contributed by atoms with van der Waals surface area (Å²) < 4.78 is 18.3. The molecule has 0 aliphatic carbocycles. The summed E-state index contributed by atoms with van der Waals surface area (Å²) in [5.74, 6) is -1.53. The molecule has 2 rings (SSSR count). The van der Waals surface area contributed by atoms with Gasteiger partial charge in [0.15, 0.2) is 6.61 Å². The molecule has 0 spiro atoms. The van der Waals surface area contributed by atoms with E-state index in [1.165, 1.54) is 24.3 Å². The number of amides is 1. The minimum atomic E-state index is -0.721. The lowest BCUT2D eigenvalue weighted by atomic mass is 10.1. The largest absolute Gasteiger partial charge is 0.452 e. The molecule has 0 saturated heterocycles. The Hall–Kier alpha value is -2.11. The number of halogens is 3. The molecule has 4 nitrogen and oxygen atoms in total. The Balaban J connectivity index is 1.77. The van der Waals surface area contributed by atoms with Crippen molar-refractivity contribution in [3.05, 3.63) is 69.5 Å². The molecule has 2 aromatic carbocycles. The Morgan fingerprint density at radius 3 is 2.58 bits per heavy atom. The molecular formula is C17H14Cl2FNO3. The van der Waals surface area contributed by atoms with Gasteiger partial charge in [-0.1, -0.05) is 41.4 Å². The topological polar surface area (TPSA) is 55.4 Å². The molecule has 0 aliphatic rings. The molecule has 0 bridgehead atoms. The van der Waals surface area contributed by atoms with E-state index in [0.29, 0.717) is 17.0 Å². The average Bonchev–Trinajstić information content (AvgIpc) is 2.54. The Labute approximate surface area is 148 Å². The highest BCUT2D eigenvalue weighted by Gasteiger charge is 2.14. The third-order valence-electron chi connectivity index (χ3n) is 3.16.